The molecule has 11 heteroatoms. The zero-order valence-electron chi connectivity index (χ0n) is 40.5. The minimum absolute atomic E-state index is 0.0838. The first kappa shape index (κ1) is 53.7. The summed E-state index contributed by atoms with van der Waals surface area (Å²) in [6.07, 6.45) is 20.7. The summed E-state index contributed by atoms with van der Waals surface area (Å²) in [7, 11) is -4.19. The van der Waals surface area contributed by atoms with Crippen molar-refractivity contribution in [3.05, 3.63) is 210 Å². The number of carbonyl (C=O) groups excluding carboxylic acids is 3. The molecule has 3 N–H and O–H groups in total. The van der Waals surface area contributed by atoms with Crippen molar-refractivity contribution in [3.8, 4) is 11.5 Å². The Morgan fingerprint density at radius 3 is 1.57 bits per heavy atom. The zero-order chi connectivity index (χ0) is 49.7. The molecule has 70 heavy (non-hydrogen) atoms. The van der Waals surface area contributed by atoms with Crippen LogP contribution in [0.1, 0.15) is 121 Å². The van der Waals surface area contributed by atoms with Gasteiger partial charge in [0, 0.05) is 23.2 Å². The Morgan fingerprint density at radius 2 is 1.00 bits per heavy atom. The monoisotopic (exact) mass is 961 g/mol. The SMILES string of the molecule is CCCCC/C=C\C/C=C\CCCCCCCC(=O)NS(=O)(=O)c1ccccc1NC(=O)c1cccc(OCc2ccccc2)c1.Cc1ccccc1NC(=O)c1cccc(OCc2ccccc2)c1. The molecule has 0 atom stereocenters. The molecule has 0 saturated carbocycles. The molecule has 366 valence electrons. The third kappa shape index (κ3) is 19.8. The largest absolute Gasteiger partial charge is 0.489 e. The van der Waals surface area contributed by atoms with Gasteiger partial charge in [-0.1, -0.05) is 166 Å². The molecule has 0 aromatic heterocycles. The van der Waals surface area contributed by atoms with Gasteiger partial charge < -0.3 is 20.1 Å². The van der Waals surface area contributed by atoms with Crippen molar-refractivity contribution < 1.29 is 32.3 Å². The van der Waals surface area contributed by atoms with E-state index in [1.807, 2.05) is 104 Å². The second kappa shape index (κ2) is 30.3. The Labute approximate surface area is 415 Å². The highest BCUT2D eigenvalue weighted by molar-refractivity contribution is 7.90. The molecule has 0 spiro atoms. The molecule has 0 aliphatic carbocycles. The highest BCUT2D eigenvalue weighted by atomic mass is 32.2. The standard InChI is InChI=1S/C38H48N2O5S.C21H19NO2/c1-2-3-4-5-6-7-8-9-10-11-12-13-14-15-19-29-37(41)40-46(43,44)36-28-21-20-27-35(36)39-38(42)33-25-22-26-34(30-33)45-31-32-23-17-16-18-24-32;1-16-8-5-6-13-20(16)22-21(23)18-11-7-12-19(14-18)24-15-17-9-3-2-4-10-17/h6-7,9-10,16-18,20-28,30H,2-5,8,11-15,19,29,31H2,1H3,(H,39,42)(H,40,41);2-14H,15H2,1H3,(H,22,23)/b7-6-,10-9-;. The summed E-state index contributed by atoms with van der Waals surface area (Å²) in [6.45, 7) is 5.01. The van der Waals surface area contributed by atoms with Crippen molar-refractivity contribution in [2.24, 2.45) is 0 Å². The Bertz CT molecular complexity index is 2700. The number of anilines is 2. The van der Waals surface area contributed by atoms with Crippen LogP contribution in [0.3, 0.4) is 0 Å². The summed E-state index contributed by atoms with van der Waals surface area (Å²) >= 11 is 0. The first-order chi connectivity index (χ1) is 34.1. The summed E-state index contributed by atoms with van der Waals surface area (Å²) in [5.74, 6) is -0.0110. The molecule has 0 heterocycles. The van der Waals surface area contributed by atoms with Gasteiger partial charge in [-0.25, -0.2) is 13.1 Å². The minimum Gasteiger partial charge on any atom is -0.489 e. The van der Waals surface area contributed by atoms with Crippen molar-refractivity contribution in [1.29, 1.82) is 0 Å². The second-order valence-electron chi connectivity index (χ2n) is 16.8. The maximum atomic E-state index is 13.1. The van der Waals surface area contributed by atoms with Gasteiger partial charge in [-0.3, -0.25) is 14.4 Å². The number of amides is 3. The number of rotatable bonds is 26. The van der Waals surface area contributed by atoms with E-state index in [0.29, 0.717) is 42.3 Å². The van der Waals surface area contributed by atoms with E-state index in [2.05, 4.69) is 46.6 Å². The van der Waals surface area contributed by atoms with E-state index < -0.39 is 21.8 Å². The van der Waals surface area contributed by atoms with Gasteiger partial charge in [0.05, 0.1) is 5.69 Å². The van der Waals surface area contributed by atoms with Crippen LogP contribution >= 0.6 is 0 Å². The van der Waals surface area contributed by atoms with Gasteiger partial charge in [-0.05, 0) is 117 Å². The fraction of sp³-hybridized carbons (Fsp3) is 0.271. The smallest absolute Gasteiger partial charge is 0.266 e. The molecule has 0 aliphatic rings. The van der Waals surface area contributed by atoms with Crippen LogP contribution in [0.15, 0.2) is 187 Å². The first-order valence-corrected chi connectivity index (χ1v) is 25.8. The maximum Gasteiger partial charge on any atom is 0.266 e. The van der Waals surface area contributed by atoms with Gasteiger partial charge in [0.1, 0.15) is 29.6 Å². The number of ether oxygens (including phenoxy) is 2. The summed E-state index contributed by atoms with van der Waals surface area (Å²) in [6, 6.07) is 47.3. The van der Waals surface area contributed by atoms with Gasteiger partial charge >= 0.3 is 0 Å². The molecule has 3 amide bonds. The van der Waals surface area contributed by atoms with Crippen LogP contribution in [0.5, 0.6) is 11.5 Å². The minimum atomic E-state index is -4.19. The van der Waals surface area contributed by atoms with Gasteiger partial charge in [0.2, 0.25) is 5.91 Å². The van der Waals surface area contributed by atoms with E-state index in [0.717, 1.165) is 60.9 Å². The van der Waals surface area contributed by atoms with Gasteiger partial charge in [0.15, 0.2) is 0 Å². The Balaban J connectivity index is 0.000000316. The molecule has 6 rings (SSSR count). The number of benzene rings is 6. The van der Waals surface area contributed by atoms with E-state index >= 15 is 0 Å². The summed E-state index contributed by atoms with van der Waals surface area (Å²) in [5, 5.41) is 5.61. The number of allylic oxidation sites excluding steroid dienone is 4. The molecule has 0 radical (unpaired) electrons. The van der Waals surface area contributed by atoms with Crippen LogP contribution in [-0.2, 0) is 28.0 Å². The summed E-state index contributed by atoms with van der Waals surface area (Å²) in [5.41, 5.74) is 4.90. The first-order valence-electron chi connectivity index (χ1n) is 24.3. The number of hydrogen-bond donors (Lipinski definition) is 3. The van der Waals surface area contributed by atoms with Crippen molar-refractivity contribution >= 4 is 39.1 Å². The lowest BCUT2D eigenvalue weighted by atomic mass is 10.1. The molecule has 0 fully saturated rings. The number of hydrogen-bond acceptors (Lipinski definition) is 7. The van der Waals surface area contributed by atoms with E-state index in [-0.39, 0.29) is 22.9 Å². The van der Waals surface area contributed by atoms with Crippen LogP contribution in [0.2, 0.25) is 0 Å². The highest BCUT2D eigenvalue weighted by Crippen LogP contribution is 2.24. The van der Waals surface area contributed by atoms with Crippen LogP contribution < -0.4 is 24.8 Å². The fourth-order valence-corrected chi connectivity index (χ4v) is 8.37. The Hall–Kier alpha value is -7.24. The molecule has 6 aromatic rings. The number of carbonyl (C=O) groups is 3. The lowest BCUT2D eigenvalue weighted by molar-refractivity contribution is -0.119. The second-order valence-corrected chi connectivity index (χ2v) is 18.5. The Morgan fingerprint density at radius 1 is 0.514 bits per heavy atom. The summed E-state index contributed by atoms with van der Waals surface area (Å²) < 4.78 is 40.0. The average molecular weight is 962 g/mol. The van der Waals surface area contributed by atoms with E-state index in [4.69, 9.17) is 9.47 Å². The van der Waals surface area contributed by atoms with Crippen molar-refractivity contribution in [3.63, 3.8) is 0 Å². The van der Waals surface area contributed by atoms with Crippen LogP contribution in [0.4, 0.5) is 11.4 Å². The fourth-order valence-electron chi connectivity index (χ4n) is 7.20. The van der Waals surface area contributed by atoms with Crippen molar-refractivity contribution in [2.75, 3.05) is 10.6 Å². The number of unbranched alkanes of at least 4 members (excludes halogenated alkanes) is 8. The van der Waals surface area contributed by atoms with Crippen molar-refractivity contribution in [1.82, 2.24) is 4.72 Å². The van der Waals surface area contributed by atoms with Gasteiger partial charge in [0.25, 0.3) is 21.8 Å². The summed E-state index contributed by atoms with van der Waals surface area (Å²) in [4.78, 5) is 37.8. The Kier molecular flexibility index (Phi) is 23.2. The lowest BCUT2D eigenvalue weighted by Crippen LogP contribution is -2.31. The molecule has 0 aliphatic heterocycles. The normalized spacial score (nSPS) is 11.1. The number of nitrogens with one attached hydrogen (secondary N) is 3. The molecular weight excluding hydrogens is 895 g/mol. The van der Waals surface area contributed by atoms with Crippen LogP contribution in [0.25, 0.3) is 0 Å². The van der Waals surface area contributed by atoms with Gasteiger partial charge in [-0.15, -0.1) is 0 Å². The lowest BCUT2D eigenvalue weighted by Gasteiger charge is -2.13. The molecule has 0 bridgehead atoms. The third-order valence-corrected chi connectivity index (χ3v) is 12.5. The van der Waals surface area contributed by atoms with Crippen LogP contribution in [0, 0.1) is 6.92 Å². The zero-order valence-corrected chi connectivity index (χ0v) is 41.3. The number of sulfonamides is 1. The van der Waals surface area contributed by atoms with Crippen molar-refractivity contribution in [2.45, 2.75) is 109 Å². The molecule has 6 aromatic carbocycles. The van der Waals surface area contributed by atoms with E-state index in [9.17, 15) is 22.8 Å². The molecular formula is C59H67N3O7S. The predicted molar refractivity (Wildman–Crippen MR) is 283 cm³/mol. The number of para-hydroxylation sites is 2. The quantitative estimate of drug-likeness (QED) is 0.0363. The average Bonchev–Trinajstić information content (AvgIpc) is 3.38. The predicted octanol–water partition coefficient (Wildman–Crippen LogP) is 14.0. The highest BCUT2D eigenvalue weighted by Gasteiger charge is 2.22. The van der Waals surface area contributed by atoms with E-state index in [1.165, 1.54) is 37.8 Å². The third-order valence-electron chi connectivity index (χ3n) is 11.1. The van der Waals surface area contributed by atoms with Gasteiger partial charge in [-0.2, -0.15) is 0 Å². The van der Waals surface area contributed by atoms with Crippen LogP contribution in [-0.4, -0.2) is 26.1 Å². The molecule has 10 nitrogen and oxygen atoms in total. The topological polar surface area (TPSA) is 140 Å². The number of aryl methyl sites for hydroxylation is 1. The maximum absolute atomic E-state index is 13.1. The molecule has 0 saturated heterocycles. The van der Waals surface area contributed by atoms with E-state index in [1.54, 1.807) is 48.5 Å². The molecule has 0 unspecified atom stereocenters.